The minimum atomic E-state index is 0.976. The van der Waals surface area contributed by atoms with E-state index in [0.717, 1.165) is 39.1 Å². The van der Waals surface area contributed by atoms with E-state index in [0.29, 0.717) is 0 Å². The number of imidazole rings is 1. The Bertz CT molecular complexity index is 600. The van der Waals surface area contributed by atoms with Crippen LogP contribution in [0.2, 0.25) is 0 Å². The molecule has 0 radical (unpaired) electrons. The fourth-order valence-electron chi connectivity index (χ4n) is 3.51. The van der Waals surface area contributed by atoms with Gasteiger partial charge in [0, 0.05) is 50.4 Å². The summed E-state index contributed by atoms with van der Waals surface area (Å²) < 4.78 is 2.46. The Labute approximate surface area is 135 Å². The van der Waals surface area contributed by atoms with Gasteiger partial charge in [0.15, 0.2) is 0 Å². The summed E-state index contributed by atoms with van der Waals surface area (Å²) in [5.41, 5.74) is 1.40. The first kappa shape index (κ1) is 14.4. The van der Waals surface area contributed by atoms with Crippen molar-refractivity contribution in [1.29, 1.82) is 0 Å². The number of rotatable bonds is 4. The van der Waals surface area contributed by atoms with E-state index in [1.54, 1.807) is 11.3 Å². The van der Waals surface area contributed by atoms with Gasteiger partial charge in [-0.25, -0.2) is 9.97 Å². The molecule has 1 saturated heterocycles. The minimum absolute atomic E-state index is 0.976. The molecule has 0 aliphatic carbocycles. The quantitative estimate of drug-likeness (QED) is 0.864. The highest BCUT2D eigenvalue weighted by Gasteiger charge is 2.20. The number of hydrogen-bond acceptors (Lipinski definition) is 5. The Kier molecular flexibility index (Phi) is 4.23. The van der Waals surface area contributed by atoms with Gasteiger partial charge in [0.25, 0.3) is 0 Å². The van der Waals surface area contributed by atoms with Gasteiger partial charge in [0.1, 0.15) is 10.8 Å². The molecule has 0 spiro atoms. The van der Waals surface area contributed by atoms with E-state index in [2.05, 4.69) is 35.9 Å². The molecule has 5 nitrogen and oxygen atoms in total. The van der Waals surface area contributed by atoms with Crippen molar-refractivity contribution in [3.05, 3.63) is 34.3 Å². The van der Waals surface area contributed by atoms with Crippen molar-refractivity contribution in [1.82, 2.24) is 24.3 Å². The second kappa shape index (κ2) is 6.48. The molecule has 0 atom stereocenters. The molecule has 4 heterocycles. The molecule has 2 aromatic heterocycles. The molecule has 4 rings (SSSR count). The molecule has 0 saturated carbocycles. The van der Waals surface area contributed by atoms with Crippen LogP contribution in [0, 0.1) is 0 Å². The maximum atomic E-state index is 4.69. The smallest absolute Gasteiger partial charge is 0.110 e. The van der Waals surface area contributed by atoms with E-state index in [9.17, 15) is 0 Å². The van der Waals surface area contributed by atoms with Crippen molar-refractivity contribution in [2.45, 2.75) is 38.9 Å². The molecule has 2 aliphatic rings. The molecule has 6 heteroatoms. The Morgan fingerprint density at radius 1 is 0.955 bits per heavy atom. The van der Waals surface area contributed by atoms with Crippen LogP contribution in [0.3, 0.4) is 0 Å². The molecule has 118 valence electrons. The van der Waals surface area contributed by atoms with Crippen molar-refractivity contribution in [2.75, 3.05) is 26.2 Å². The van der Waals surface area contributed by atoms with Gasteiger partial charge in [-0.05, 0) is 25.9 Å². The average Bonchev–Trinajstić information content (AvgIpc) is 3.24. The van der Waals surface area contributed by atoms with Crippen LogP contribution >= 0.6 is 11.3 Å². The molecule has 0 aromatic carbocycles. The van der Waals surface area contributed by atoms with Crippen molar-refractivity contribution < 1.29 is 0 Å². The molecule has 22 heavy (non-hydrogen) atoms. The first-order valence-corrected chi connectivity index (χ1v) is 9.13. The fraction of sp³-hybridized carbons (Fsp3) is 0.625. The second-order valence-electron chi connectivity index (χ2n) is 6.25. The number of thiazole rings is 1. The van der Waals surface area contributed by atoms with Gasteiger partial charge in [-0.2, -0.15) is 0 Å². The van der Waals surface area contributed by atoms with E-state index in [1.165, 1.54) is 42.5 Å². The molecular formula is C16H23N5S. The second-order valence-corrected chi connectivity index (χ2v) is 7.23. The molecule has 0 bridgehead atoms. The molecule has 1 fully saturated rings. The molecular weight excluding hydrogens is 294 g/mol. The van der Waals surface area contributed by atoms with Crippen LogP contribution < -0.4 is 0 Å². The third kappa shape index (κ3) is 3.09. The molecule has 2 aromatic rings. The summed E-state index contributed by atoms with van der Waals surface area (Å²) in [4.78, 5) is 14.2. The van der Waals surface area contributed by atoms with Gasteiger partial charge in [0.05, 0.1) is 12.2 Å². The lowest BCUT2D eigenvalue weighted by Gasteiger charge is -2.19. The molecule has 0 amide bonds. The van der Waals surface area contributed by atoms with Crippen LogP contribution in [0.4, 0.5) is 0 Å². The zero-order valence-corrected chi connectivity index (χ0v) is 13.8. The predicted molar refractivity (Wildman–Crippen MR) is 87.8 cm³/mol. The summed E-state index contributed by atoms with van der Waals surface area (Å²) in [7, 11) is 0. The van der Waals surface area contributed by atoms with Gasteiger partial charge < -0.3 is 4.57 Å². The van der Waals surface area contributed by atoms with Gasteiger partial charge in [0.2, 0.25) is 0 Å². The Hall–Kier alpha value is -1.24. The monoisotopic (exact) mass is 317 g/mol. The first-order valence-electron chi connectivity index (χ1n) is 8.25. The third-order valence-corrected chi connectivity index (χ3v) is 5.50. The van der Waals surface area contributed by atoms with Crippen LogP contribution in [0.25, 0.3) is 0 Å². The van der Waals surface area contributed by atoms with Crippen molar-refractivity contribution in [2.24, 2.45) is 0 Å². The molecule has 2 aliphatic heterocycles. The number of hydrogen-bond donors (Lipinski definition) is 0. The topological polar surface area (TPSA) is 37.2 Å². The van der Waals surface area contributed by atoms with E-state index in [-0.39, 0.29) is 0 Å². The maximum absolute atomic E-state index is 4.69. The number of likely N-dealkylation sites (tertiary alicyclic amines) is 1. The predicted octanol–water partition coefficient (Wildman–Crippen LogP) is 1.99. The summed E-state index contributed by atoms with van der Waals surface area (Å²) in [5, 5.41) is 3.28. The SMILES string of the molecule is c1csc(CN2CCc3ncc(CN4CCCC4)n3CC2)n1. The fourth-order valence-corrected chi connectivity index (χ4v) is 4.17. The summed E-state index contributed by atoms with van der Waals surface area (Å²) in [5.74, 6) is 1.26. The van der Waals surface area contributed by atoms with Gasteiger partial charge in [-0.3, -0.25) is 9.80 Å². The van der Waals surface area contributed by atoms with Gasteiger partial charge in [-0.15, -0.1) is 11.3 Å². The highest BCUT2D eigenvalue weighted by atomic mass is 32.1. The lowest BCUT2D eigenvalue weighted by Crippen LogP contribution is -2.27. The Morgan fingerprint density at radius 3 is 2.64 bits per heavy atom. The number of nitrogens with zero attached hydrogens (tertiary/aromatic N) is 5. The largest absolute Gasteiger partial charge is 0.329 e. The number of fused-ring (bicyclic) bond motifs is 1. The highest BCUT2D eigenvalue weighted by molar-refractivity contribution is 7.09. The van der Waals surface area contributed by atoms with Crippen molar-refractivity contribution in [3.8, 4) is 0 Å². The van der Waals surface area contributed by atoms with E-state index in [1.807, 2.05) is 6.20 Å². The normalized spacial score (nSPS) is 20.2. The van der Waals surface area contributed by atoms with Gasteiger partial charge in [-0.1, -0.05) is 0 Å². The highest BCUT2D eigenvalue weighted by Crippen LogP contribution is 2.18. The van der Waals surface area contributed by atoms with E-state index < -0.39 is 0 Å². The number of aromatic nitrogens is 3. The zero-order chi connectivity index (χ0) is 14.8. The van der Waals surface area contributed by atoms with E-state index >= 15 is 0 Å². The van der Waals surface area contributed by atoms with Gasteiger partial charge >= 0.3 is 0 Å². The van der Waals surface area contributed by atoms with Crippen molar-refractivity contribution >= 4 is 11.3 Å². The van der Waals surface area contributed by atoms with Crippen LogP contribution in [0.1, 0.15) is 29.4 Å². The Morgan fingerprint density at radius 2 is 1.82 bits per heavy atom. The summed E-state index contributed by atoms with van der Waals surface area (Å²) in [6.45, 7) is 7.77. The van der Waals surface area contributed by atoms with Crippen molar-refractivity contribution in [3.63, 3.8) is 0 Å². The first-order chi connectivity index (χ1) is 10.9. The summed E-state index contributed by atoms with van der Waals surface area (Å²) in [6.07, 6.45) is 7.75. The van der Waals surface area contributed by atoms with E-state index in [4.69, 9.17) is 0 Å². The Balaban J connectivity index is 1.42. The molecule has 0 N–H and O–H groups in total. The standard InChI is InChI=1S/C16H23N5S/c1-2-6-19(5-1)12-14-11-18-15-3-7-20(8-9-21(14)15)13-16-17-4-10-22-16/h4,10-11H,1-3,5-9,12-13H2. The average molecular weight is 317 g/mol. The van der Waals surface area contributed by atoms with Crippen LogP contribution in [0.5, 0.6) is 0 Å². The molecule has 0 unspecified atom stereocenters. The maximum Gasteiger partial charge on any atom is 0.110 e. The third-order valence-electron chi connectivity index (χ3n) is 4.74. The lowest BCUT2D eigenvalue weighted by atomic mass is 10.3. The van der Waals surface area contributed by atoms with Crippen LogP contribution in [-0.2, 0) is 26.1 Å². The summed E-state index contributed by atoms with van der Waals surface area (Å²) in [6, 6.07) is 0. The van der Waals surface area contributed by atoms with Crippen LogP contribution in [-0.4, -0.2) is 50.5 Å². The van der Waals surface area contributed by atoms with Crippen LogP contribution in [0.15, 0.2) is 17.8 Å². The lowest BCUT2D eigenvalue weighted by molar-refractivity contribution is 0.267. The minimum Gasteiger partial charge on any atom is -0.329 e. The zero-order valence-electron chi connectivity index (χ0n) is 12.9. The summed E-state index contributed by atoms with van der Waals surface area (Å²) >= 11 is 1.75.